The number of hydrogen-bond acceptors (Lipinski definition) is 4. The number of nitrogens with two attached hydrogens (primary N) is 1. The predicted octanol–water partition coefficient (Wildman–Crippen LogP) is 5.32. The molecule has 27 heavy (non-hydrogen) atoms. The summed E-state index contributed by atoms with van der Waals surface area (Å²) in [7, 11) is 0. The SMILES string of the molecule is NC1=CC(c2ccc(-c3cccc(Cl)c3)o2)N(CCCc2ccccc2)O1. The van der Waals surface area contributed by atoms with Crippen LogP contribution in [0.2, 0.25) is 5.02 Å². The Hall–Kier alpha value is -2.69. The normalized spacial score (nSPS) is 16.9. The first kappa shape index (κ1) is 17.7. The summed E-state index contributed by atoms with van der Waals surface area (Å²) < 4.78 is 6.07. The smallest absolute Gasteiger partial charge is 0.207 e. The molecule has 1 aromatic heterocycles. The molecule has 1 aliphatic rings. The second-order valence-corrected chi connectivity index (χ2v) is 6.98. The average molecular weight is 381 g/mol. The van der Waals surface area contributed by atoms with Gasteiger partial charge in [-0.1, -0.05) is 54.1 Å². The van der Waals surface area contributed by atoms with E-state index in [1.807, 2.05) is 53.6 Å². The molecule has 4 nitrogen and oxygen atoms in total. The van der Waals surface area contributed by atoms with Gasteiger partial charge in [-0.3, -0.25) is 0 Å². The van der Waals surface area contributed by atoms with Crippen LogP contribution in [0.5, 0.6) is 0 Å². The van der Waals surface area contributed by atoms with Crippen LogP contribution in [0.25, 0.3) is 11.3 Å². The van der Waals surface area contributed by atoms with Gasteiger partial charge in [0.1, 0.15) is 17.6 Å². The van der Waals surface area contributed by atoms with Crippen molar-refractivity contribution in [2.24, 2.45) is 5.73 Å². The first-order valence-electron chi connectivity index (χ1n) is 9.00. The van der Waals surface area contributed by atoms with Crippen LogP contribution < -0.4 is 5.73 Å². The largest absolute Gasteiger partial charge is 0.459 e. The van der Waals surface area contributed by atoms with Crippen molar-refractivity contribution >= 4 is 11.6 Å². The van der Waals surface area contributed by atoms with Gasteiger partial charge in [-0.2, -0.15) is 0 Å². The molecule has 0 amide bonds. The fourth-order valence-corrected chi connectivity index (χ4v) is 3.45. The summed E-state index contributed by atoms with van der Waals surface area (Å²) >= 11 is 6.08. The summed E-state index contributed by atoms with van der Waals surface area (Å²) in [6.07, 6.45) is 3.83. The highest BCUT2D eigenvalue weighted by molar-refractivity contribution is 6.30. The van der Waals surface area contributed by atoms with Gasteiger partial charge in [0.2, 0.25) is 5.88 Å². The highest BCUT2D eigenvalue weighted by Crippen LogP contribution is 2.34. The third-order valence-electron chi connectivity index (χ3n) is 4.57. The number of nitrogens with zero attached hydrogens (tertiary/aromatic N) is 1. The van der Waals surface area contributed by atoms with Crippen molar-refractivity contribution < 1.29 is 9.25 Å². The third-order valence-corrected chi connectivity index (χ3v) is 4.80. The van der Waals surface area contributed by atoms with Gasteiger partial charge in [-0.25, -0.2) is 0 Å². The minimum atomic E-state index is -0.131. The standard InChI is InChI=1S/C22H21ClN2O2/c23-18-10-4-9-17(14-18)20-11-12-21(26-20)19-15-22(24)27-25(19)13-5-8-16-6-2-1-3-7-16/h1-4,6-7,9-12,14-15,19H,5,8,13,24H2. The Morgan fingerprint density at radius 2 is 1.85 bits per heavy atom. The predicted molar refractivity (Wildman–Crippen MR) is 107 cm³/mol. The maximum atomic E-state index is 6.08. The maximum absolute atomic E-state index is 6.08. The number of aryl methyl sites for hydroxylation is 1. The Kier molecular flexibility index (Phi) is 5.19. The Labute approximate surface area is 163 Å². The number of hydroxylamine groups is 2. The lowest BCUT2D eigenvalue weighted by Gasteiger charge is -2.21. The molecule has 138 valence electrons. The quantitative estimate of drug-likeness (QED) is 0.628. The van der Waals surface area contributed by atoms with E-state index in [0.717, 1.165) is 36.5 Å². The van der Waals surface area contributed by atoms with Crippen molar-refractivity contribution in [2.75, 3.05) is 6.54 Å². The van der Waals surface area contributed by atoms with Gasteiger partial charge in [0.15, 0.2) is 0 Å². The minimum absolute atomic E-state index is 0.131. The lowest BCUT2D eigenvalue weighted by atomic mass is 10.1. The van der Waals surface area contributed by atoms with Gasteiger partial charge >= 0.3 is 0 Å². The minimum Gasteiger partial charge on any atom is -0.459 e. The lowest BCUT2D eigenvalue weighted by molar-refractivity contribution is -0.123. The van der Waals surface area contributed by atoms with E-state index in [4.69, 9.17) is 26.6 Å². The molecular weight excluding hydrogens is 360 g/mol. The summed E-state index contributed by atoms with van der Waals surface area (Å²) in [5, 5.41) is 2.56. The number of hydrogen-bond donors (Lipinski definition) is 1. The summed E-state index contributed by atoms with van der Waals surface area (Å²) in [6.45, 7) is 0.754. The van der Waals surface area contributed by atoms with Gasteiger partial charge < -0.3 is 15.0 Å². The highest BCUT2D eigenvalue weighted by Gasteiger charge is 2.29. The van der Waals surface area contributed by atoms with Crippen LogP contribution in [0.3, 0.4) is 0 Å². The molecule has 1 unspecified atom stereocenters. The molecule has 1 aliphatic heterocycles. The monoisotopic (exact) mass is 380 g/mol. The van der Waals surface area contributed by atoms with Gasteiger partial charge in [0, 0.05) is 23.2 Å². The zero-order valence-corrected chi connectivity index (χ0v) is 15.6. The number of halogens is 1. The fourth-order valence-electron chi connectivity index (χ4n) is 3.26. The van der Waals surface area contributed by atoms with Crippen molar-refractivity contribution in [3.8, 4) is 11.3 Å². The summed E-state index contributed by atoms with van der Waals surface area (Å²) in [5.74, 6) is 1.97. The second-order valence-electron chi connectivity index (χ2n) is 6.55. The third kappa shape index (κ3) is 4.18. The molecule has 0 saturated heterocycles. The molecule has 0 fully saturated rings. The first-order valence-corrected chi connectivity index (χ1v) is 9.38. The molecule has 0 aliphatic carbocycles. The molecule has 1 atom stereocenters. The zero-order chi connectivity index (χ0) is 18.6. The number of benzene rings is 2. The number of rotatable bonds is 6. The van der Waals surface area contributed by atoms with Crippen LogP contribution in [0.15, 0.2) is 83.1 Å². The molecule has 0 spiro atoms. The van der Waals surface area contributed by atoms with E-state index in [9.17, 15) is 0 Å². The molecule has 3 aromatic rings. The van der Waals surface area contributed by atoms with E-state index in [0.29, 0.717) is 10.9 Å². The van der Waals surface area contributed by atoms with Crippen molar-refractivity contribution in [1.29, 1.82) is 0 Å². The Balaban J connectivity index is 1.45. The summed E-state index contributed by atoms with van der Waals surface area (Å²) in [5.41, 5.74) is 8.17. The highest BCUT2D eigenvalue weighted by atomic mass is 35.5. The van der Waals surface area contributed by atoms with Gasteiger partial charge in [-0.15, -0.1) is 5.06 Å². The second kappa shape index (κ2) is 7.91. The Bertz CT molecular complexity index is 936. The molecule has 4 rings (SSSR count). The maximum Gasteiger partial charge on any atom is 0.207 e. The van der Waals surface area contributed by atoms with Crippen molar-refractivity contribution in [3.63, 3.8) is 0 Å². The molecule has 2 heterocycles. The fraction of sp³-hybridized carbons (Fsp3) is 0.182. The van der Waals surface area contributed by atoms with Crippen molar-refractivity contribution in [3.05, 3.63) is 95.0 Å². The summed E-state index contributed by atoms with van der Waals surface area (Å²) in [4.78, 5) is 5.69. The van der Waals surface area contributed by atoms with E-state index < -0.39 is 0 Å². The molecule has 2 aromatic carbocycles. The average Bonchev–Trinajstić information content (AvgIpc) is 3.29. The Morgan fingerprint density at radius 3 is 2.67 bits per heavy atom. The van der Waals surface area contributed by atoms with E-state index in [2.05, 4.69) is 24.3 Å². The van der Waals surface area contributed by atoms with E-state index in [1.54, 1.807) is 0 Å². The van der Waals surface area contributed by atoms with Gasteiger partial charge in [0.25, 0.3) is 0 Å². The molecule has 0 saturated carbocycles. The van der Waals surface area contributed by atoms with E-state index in [1.165, 1.54) is 5.56 Å². The van der Waals surface area contributed by atoms with Gasteiger partial charge in [-0.05, 0) is 42.7 Å². The van der Waals surface area contributed by atoms with Gasteiger partial charge in [0.05, 0.1) is 0 Å². The molecule has 2 N–H and O–H groups in total. The van der Waals surface area contributed by atoms with Crippen molar-refractivity contribution in [2.45, 2.75) is 18.9 Å². The first-order chi connectivity index (χ1) is 13.2. The summed E-state index contributed by atoms with van der Waals surface area (Å²) in [6, 6.07) is 21.8. The molecule has 0 radical (unpaired) electrons. The van der Waals surface area contributed by atoms with Crippen molar-refractivity contribution in [1.82, 2.24) is 5.06 Å². The van der Waals surface area contributed by atoms with E-state index in [-0.39, 0.29) is 6.04 Å². The topological polar surface area (TPSA) is 51.6 Å². The van der Waals surface area contributed by atoms with Crippen LogP contribution in [-0.4, -0.2) is 11.6 Å². The Morgan fingerprint density at radius 1 is 1.00 bits per heavy atom. The molecular formula is C22H21ClN2O2. The van der Waals surface area contributed by atoms with Crippen LogP contribution >= 0.6 is 11.6 Å². The van der Waals surface area contributed by atoms with Crippen LogP contribution in [0, 0.1) is 0 Å². The number of furan rings is 1. The van der Waals surface area contributed by atoms with Crippen LogP contribution in [0.4, 0.5) is 0 Å². The zero-order valence-electron chi connectivity index (χ0n) is 14.8. The molecule has 5 heteroatoms. The lowest BCUT2D eigenvalue weighted by Crippen LogP contribution is -2.25. The molecule has 0 bridgehead atoms. The van der Waals surface area contributed by atoms with Crippen LogP contribution in [-0.2, 0) is 11.3 Å². The van der Waals surface area contributed by atoms with Crippen LogP contribution in [0.1, 0.15) is 23.8 Å². The van der Waals surface area contributed by atoms with E-state index >= 15 is 0 Å².